The summed E-state index contributed by atoms with van der Waals surface area (Å²) in [7, 11) is -2.96. The maximum atomic E-state index is 11.9. The Balaban J connectivity index is 1.91. The smallest absolute Gasteiger partial charge is 0.221 e. The van der Waals surface area contributed by atoms with E-state index >= 15 is 0 Å². The maximum Gasteiger partial charge on any atom is 0.221 e. The fraction of sp³-hybridized carbons (Fsp3) is 0.909. The summed E-state index contributed by atoms with van der Waals surface area (Å²) in [6.45, 7) is 1.82. The predicted molar refractivity (Wildman–Crippen MR) is 70.0 cm³/mol. The van der Waals surface area contributed by atoms with Gasteiger partial charge in [0.25, 0.3) is 0 Å². The van der Waals surface area contributed by atoms with Crippen molar-refractivity contribution in [2.75, 3.05) is 17.3 Å². The fourth-order valence-electron chi connectivity index (χ4n) is 2.40. The zero-order valence-corrected chi connectivity index (χ0v) is 11.7. The number of hydrogen-bond donors (Lipinski definition) is 2. The van der Waals surface area contributed by atoms with Crippen LogP contribution in [0.1, 0.15) is 32.6 Å². The molecule has 0 aromatic rings. The van der Waals surface area contributed by atoms with Gasteiger partial charge in [-0.3, -0.25) is 4.79 Å². The number of carbonyl (C=O) groups is 1. The van der Waals surface area contributed by atoms with Crippen molar-refractivity contribution in [3.63, 3.8) is 0 Å². The Kier molecular flexibility index (Phi) is 3.23. The minimum Gasteiger partial charge on any atom is -0.350 e. The molecule has 1 amide bonds. The summed E-state index contributed by atoms with van der Waals surface area (Å²) in [5.41, 5.74) is -0.483. The molecule has 1 saturated heterocycles. The number of sulfone groups is 1. The first-order valence-electron chi connectivity index (χ1n) is 5.91. The van der Waals surface area contributed by atoms with E-state index in [1.54, 1.807) is 0 Å². The second-order valence-corrected chi connectivity index (χ2v) is 8.29. The maximum absolute atomic E-state index is 11.9. The second-order valence-electron chi connectivity index (χ2n) is 5.79. The molecule has 2 aliphatic rings. The molecule has 1 unspecified atom stereocenters. The van der Waals surface area contributed by atoms with Gasteiger partial charge in [-0.15, -0.1) is 0 Å². The quantitative estimate of drug-likeness (QED) is 0.747. The fourth-order valence-corrected chi connectivity index (χ4v) is 4.92. The van der Waals surface area contributed by atoms with Crippen molar-refractivity contribution in [3.8, 4) is 0 Å². The van der Waals surface area contributed by atoms with Gasteiger partial charge in [-0.1, -0.05) is 0 Å². The van der Waals surface area contributed by atoms with Gasteiger partial charge >= 0.3 is 0 Å². The van der Waals surface area contributed by atoms with Gasteiger partial charge < -0.3 is 5.32 Å². The van der Waals surface area contributed by atoms with Crippen LogP contribution < -0.4 is 5.32 Å². The average molecular weight is 277 g/mol. The van der Waals surface area contributed by atoms with Crippen molar-refractivity contribution in [2.24, 2.45) is 5.41 Å². The summed E-state index contributed by atoms with van der Waals surface area (Å²) in [6, 6.07) is 0. The van der Waals surface area contributed by atoms with Crippen LogP contribution in [0.15, 0.2) is 0 Å². The van der Waals surface area contributed by atoms with Crippen molar-refractivity contribution < 1.29 is 13.2 Å². The Morgan fingerprint density at radius 1 is 1.35 bits per heavy atom. The van der Waals surface area contributed by atoms with Gasteiger partial charge in [0, 0.05) is 6.42 Å². The molecule has 0 aromatic heterocycles. The minimum atomic E-state index is -2.96. The molecule has 1 N–H and O–H groups in total. The Bertz CT molecular complexity index is 428. The number of nitrogens with one attached hydrogen (secondary N) is 1. The molecule has 1 saturated carbocycles. The first-order valence-corrected chi connectivity index (χ1v) is 8.36. The number of carbonyl (C=O) groups excluding carboxylic acids is 1. The number of hydrogen-bond acceptors (Lipinski definition) is 4. The van der Waals surface area contributed by atoms with Crippen LogP contribution in [0.2, 0.25) is 0 Å². The third kappa shape index (κ3) is 3.16. The first-order chi connectivity index (χ1) is 7.78. The molecular formula is C11H19NO3S2. The van der Waals surface area contributed by atoms with Crippen LogP contribution in [0.5, 0.6) is 0 Å². The first kappa shape index (κ1) is 13.2. The number of rotatable bonds is 4. The van der Waals surface area contributed by atoms with E-state index in [1.165, 1.54) is 0 Å². The largest absolute Gasteiger partial charge is 0.350 e. The molecule has 1 heterocycles. The Hall–Kier alpha value is -0.230. The highest BCUT2D eigenvalue weighted by Gasteiger charge is 2.45. The molecule has 17 heavy (non-hydrogen) atoms. The molecule has 0 radical (unpaired) electrons. The molecule has 4 nitrogen and oxygen atoms in total. The molecule has 2 fully saturated rings. The van der Waals surface area contributed by atoms with Crippen LogP contribution in [0.25, 0.3) is 0 Å². The summed E-state index contributed by atoms with van der Waals surface area (Å²) in [6.07, 6.45) is 3.11. The summed E-state index contributed by atoms with van der Waals surface area (Å²) >= 11 is 4.26. The van der Waals surface area contributed by atoms with Gasteiger partial charge in [-0.05, 0) is 37.4 Å². The third-order valence-electron chi connectivity index (χ3n) is 3.77. The van der Waals surface area contributed by atoms with Crippen LogP contribution in [-0.4, -0.2) is 37.1 Å². The summed E-state index contributed by atoms with van der Waals surface area (Å²) < 4.78 is 22.8. The SMILES string of the molecule is CC1(NC(=O)CC2(CS)CC2)CCS(=O)(=O)C1. The lowest BCUT2D eigenvalue weighted by molar-refractivity contribution is -0.123. The van der Waals surface area contributed by atoms with Gasteiger partial charge in [0.2, 0.25) is 5.91 Å². The Morgan fingerprint density at radius 3 is 2.41 bits per heavy atom. The van der Waals surface area contributed by atoms with Crippen LogP contribution in [-0.2, 0) is 14.6 Å². The Morgan fingerprint density at radius 2 is 2.00 bits per heavy atom. The Labute approximate surface area is 108 Å². The van der Waals surface area contributed by atoms with Crippen LogP contribution in [0.4, 0.5) is 0 Å². The molecule has 2 rings (SSSR count). The second kappa shape index (κ2) is 4.16. The minimum absolute atomic E-state index is 0.0313. The van der Waals surface area contributed by atoms with Crippen molar-refractivity contribution in [2.45, 2.75) is 38.1 Å². The van der Waals surface area contributed by atoms with E-state index in [2.05, 4.69) is 17.9 Å². The van der Waals surface area contributed by atoms with E-state index in [0.29, 0.717) is 12.8 Å². The monoisotopic (exact) mass is 277 g/mol. The topological polar surface area (TPSA) is 63.2 Å². The molecule has 0 spiro atoms. The number of amides is 1. The molecule has 1 aliphatic heterocycles. The molecule has 0 bridgehead atoms. The van der Waals surface area contributed by atoms with Crippen molar-refractivity contribution in [1.29, 1.82) is 0 Å². The highest BCUT2D eigenvalue weighted by Crippen LogP contribution is 2.49. The van der Waals surface area contributed by atoms with Crippen LogP contribution in [0.3, 0.4) is 0 Å². The number of thiol groups is 1. The van der Waals surface area contributed by atoms with E-state index in [1.807, 2.05) is 6.92 Å². The normalized spacial score (nSPS) is 33.3. The lowest BCUT2D eigenvalue weighted by Crippen LogP contribution is -2.47. The van der Waals surface area contributed by atoms with E-state index in [-0.39, 0.29) is 22.8 Å². The lowest BCUT2D eigenvalue weighted by Gasteiger charge is -2.25. The van der Waals surface area contributed by atoms with E-state index in [0.717, 1.165) is 18.6 Å². The van der Waals surface area contributed by atoms with Crippen molar-refractivity contribution in [3.05, 3.63) is 0 Å². The van der Waals surface area contributed by atoms with Gasteiger partial charge in [0.15, 0.2) is 9.84 Å². The predicted octanol–water partition coefficient (Wildman–Crippen LogP) is 0.780. The average Bonchev–Trinajstić information content (AvgIpc) is 2.89. The van der Waals surface area contributed by atoms with Crippen LogP contribution in [0, 0.1) is 5.41 Å². The highest BCUT2D eigenvalue weighted by atomic mass is 32.2. The van der Waals surface area contributed by atoms with Gasteiger partial charge in [-0.25, -0.2) is 8.42 Å². The van der Waals surface area contributed by atoms with Gasteiger partial charge in [-0.2, -0.15) is 12.6 Å². The summed E-state index contributed by atoms with van der Waals surface area (Å²) in [5, 5.41) is 2.89. The zero-order valence-electron chi connectivity index (χ0n) is 10.0. The molecule has 1 atom stereocenters. The van der Waals surface area contributed by atoms with Crippen molar-refractivity contribution >= 4 is 28.4 Å². The molecule has 0 aromatic carbocycles. The van der Waals surface area contributed by atoms with Gasteiger partial charge in [0.1, 0.15) is 0 Å². The zero-order chi connectivity index (χ0) is 12.7. The lowest BCUT2D eigenvalue weighted by atomic mass is 9.99. The molecule has 6 heteroatoms. The van der Waals surface area contributed by atoms with E-state index in [9.17, 15) is 13.2 Å². The summed E-state index contributed by atoms with van der Waals surface area (Å²) in [4.78, 5) is 11.9. The molecule has 1 aliphatic carbocycles. The van der Waals surface area contributed by atoms with E-state index < -0.39 is 15.4 Å². The van der Waals surface area contributed by atoms with Crippen LogP contribution >= 0.6 is 12.6 Å². The molecular weight excluding hydrogens is 258 g/mol. The highest BCUT2D eigenvalue weighted by molar-refractivity contribution is 7.91. The van der Waals surface area contributed by atoms with Gasteiger partial charge in [0.05, 0.1) is 17.0 Å². The third-order valence-corrected chi connectivity index (χ3v) is 6.35. The van der Waals surface area contributed by atoms with E-state index in [4.69, 9.17) is 0 Å². The molecule has 98 valence electrons. The summed E-state index contributed by atoms with van der Waals surface area (Å²) in [5.74, 6) is 0.951. The van der Waals surface area contributed by atoms with Crippen molar-refractivity contribution in [1.82, 2.24) is 5.32 Å². The standard InChI is InChI=1S/C11H19NO3S2/c1-10(4-5-17(14,15)8-10)12-9(13)6-11(7-16)2-3-11/h16H,2-8H2,1H3,(H,12,13).